The molecular formula is C19H24NO4PS. The highest BCUT2D eigenvalue weighted by molar-refractivity contribution is 8.56. The number of benzene rings is 2. The Bertz CT molecular complexity index is 740. The van der Waals surface area contributed by atoms with Gasteiger partial charge >= 0.3 is 6.09 Å². The van der Waals surface area contributed by atoms with Crippen molar-refractivity contribution in [2.45, 2.75) is 31.5 Å². The van der Waals surface area contributed by atoms with Crippen LogP contribution in [0.4, 0.5) is 4.79 Å². The van der Waals surface area contributed by atoms with Gasteiger partial charge in [-0.1, -0.05) is 85.9 Å². The van der Waals surface area contributed by atoms with E-state index in [1.165, 1.54) is 18.5 Å². The number of rotatable bonds is 8. The van der Waals surface area contributed by atoms with Gasteiger partial charge in [-0.15, -0.1) is 0 Å². The lowest BCUT2D eigenvalue weighted by Crippen LogP contribution is -2.29. The van der Waals surface area contributed by atoms with Crippen molar-refractivity contribution in [2.75, 3.05) is 7.11 Å². The minimum Gasteiger partial charge on any atom is -0.445 e. The van der Waals surface area contributed by atoms with Gasteiger partial charge in [0, 0.05) is 12.4 Å². The third-order valence-electron chi connectivity index (χ3n) is 3.51. The minimum atomic E-state index is -3.23. The molecule has 0 spiro atoms. The third kappa shape index (κ3) is 5.90. The number of hydrogen-bond acceptors (Lipinski definition) is 5. The van der Waals surface area contributed by atoms with Crippen LogP contribution < -0.4 is 5.32 Å². The average molecular weight is 393 g/mol. The lowest BCUT2D eigenvalue weighted by Gasteiger charge is -2.27. The van der Waals surface area contributed by atoms with Crippen LogP contribution in [0.3, 0.4) is 0 Å². The van der Waals surface area contributed by atoms with E-state index in [9.17, 15) is 9.36 Å². The Morgan fingerprint density at radius 3 is 2.19 bits per heavy atom. The van der Waals surface area contributed by atoms with Crippen LogP contribution in [-0.2, 0) is 20.4 Å². The molecule has 0 radical (unpaired) electrons. The molecule has 0 saturated heterocycles. The summed E-state index contributed by atoms with van der Waals surface area (Å²) in [6, 6.07) is 18.5. The van der Waals surface area contributed by atoms with Gasteiger partial charge in [-0.25, -0.2) is 4.79 Å². The van der Waals surface area contributed by atoms with Crippen LogP contribution >= 0.6 is 18.0 Å². The molecule has 0 fully saturated rings. The van der Waals surface area contributed by atoms with Crippen molar-refractivity contribution in [1.82, 2.24) is 5.32 Å². The Morgan fingerprint density at radius 2 is 1.65 bits per heavy atom. The van der Waals surface area contributed by atoms with Gasteiger partial charge in [0.2, 0.25) is 0 Å². The molecule has 2 rings (SSSR count). The van der Waals surface area contributed by atoms with Gasteiger partial charge in [0.15, 0.2) is 0 Å². The Kier molecular flexibility index (Phi) is 7.76. The van der Waals surface area contributed by atoms with E-state index in [4.69, 9.17) is 9.26 Å². The number of carbonyl (C=O) groups excluding carboxylic acids is 1. The molecule has 2 aromatic rings. The maximum Gasteiger partial charge on any atom is 0.408 e. The van der Waals surface area contributed by atoms with Gasteiger partial charge in [-0.3, -0.25) is 4.57 Å². The van der Waals surface area contributed by atoms with E-state index < -0.39 is 18.4 Å². The van der Waals surface area contributed by atoms with E-state index in [1.807, 2.05) is 74.5 Å². The van der Waals surface area contributed by atoms with Gasteiger partial charge in [-0.05, 0) is 11.1 Å². The standard InChI is InChI=1S/C19H24NO4PS/c1-15(2)26-25(22,23-3)18(17-12-8-5-9-13-17)20-19(21)24-14-16-10-6-4-7-11-16/h4-13,15,18H,14H2,1-3H3,(H,20,21). The highest BCUT2D eigenvalue weighted by atomic mass is 32.7. The zero-order valence-corrected chi connectivity index (χ0v) is 16.8. The molecule has 26 heavy (non-hydrogen) atoms. The van der Waals surface area contributed by atoms with Crippen molar-refractivity contribution in [3.8, 4) is 0 Å². The fraction of sp³-hybridized carbons (Fsp3) is 0.316. The number of hydrogen-bond donors (Lipinski definition) is 1. The molecule has 2 atom stereocenters. The predicted octanol–water partition coefficient (Wildman–Crippen LogP) is 5.59. The summed E-state index contributed by atoms with van der Waals surface area (Å²) >= 11 is 1.22. The van der Waals surface area contributed by atoms with Crippen molar-refractivity contribution < 1.29 is 18.6 Å². The van der Waals surface area contributed by atoms with Crippen LogP contribution in [0.1, 0.15) is 30.8 Å². The predicted molar refractivity (Wildman–Crippen MR) is 106 cm³/mol. The Hall–Kier alpha value is -1.75. The van der Waals surface area contributed by atoms with Crippen molar-refractivity contribution in [3.63, 3.8) is 0 Å². The number of alkyl carbamates (subject to hydrolysis) is 1. The first-order chi connectivity index (χ1) is 12.4. The zero-order chi connectivity index (χ0) is 19.0. The van der Waals surface area contributed by atoms with Crippen LogP contribution in [0.5, 0.6) is 0 Å². The van der Waals surface area contributed by atoms with Gasteiger partial charge in [-0.2, -0.15) is 0 Å². The van der Waals surface area contributed by atoms with Crippen LogP contribution in [0.15, 0.2) is 60.7 Å². The zero-order valence-electron chi connectivity index (χ0n) is 15.1. The molecule has 5 nitrogen and oxygen atoms in total. The first-order valence-corrected chi connectivity index (χ1v) is 11.5. The summed E-state index contributed by atoms with van der Waals surface area (Å²) in [5, 5.41) is 2.81. The van der Waals surface area contributed by atoms with Gasteiger partial charge in [0.1, 0.15) is 12.4 Å². The number of nitrogens with one attached hydrogen (secondary N) is 1. The molecule has 0 saturated carbocycles. The van der Waals surface area contributed by atoms with E-state index in [-0.39, 0.29) is 11.9 Å². The lowest BCUT2D eigenvalue weighted by molar-refractivity contribution is 0.138. The van der Waals surface area contributed by atoms with Crippen LogP contribution in [0.25, 0.3) is 0 Å². The normalized spacial score (nSPS) is 14.5. The highest BCUT2D eigenvalue weighted by Crippen LogP contribution is 2.69. The van der Waals surface area contributed by atoms with Crippen LogP contribution in [0, 0.1) is 0 Å². The largest absolute Gasteiger partial charge is 0.445 e. The fourth-order valence-corrected chi connectivity index (χ4v) is 7.08. The van der Waals surface area contributed by atoms with E-state index in [0.29, 0.717) is 5.56 Å². The molecule has 0 heterocycles. The average Bonchev–Trinajstić information content (AvgIpc) is 2.65. The van der Waals surface area contributed by atoms with Crippen molar-refractivity contribution in [2.24, 2.45) is 0 Å². The van der Waals surface area contributed by atoms with Gasteiger partial charge < -0.3 is 14.6 Å². The topological polar surface area (TPSA) is 64.6 Å². The summed E-state index contributed by atoms with van der Waals surface area (Å²) in [5.41, 5.74) is 1.59. The fourth-order valence-electron chi connectivity index (χ4n) is 2.36. The SMILES string of the molecule is COP(=O)(SC(C)C)C(NC(=O)OCc1ccccc1)c1ccccc1. The first-order valence-electron chi connectivity index (χ1n) is 8.30. The van der Waals surface area contributed by atoms with Crippen LogP contribution in [-0.4, -0.2) is 18.5 Å². The molecule has 140 valence electrons. The van der Waals surface area contributed by atoms with E-state index in [1.54, 1.807) is 0 Å². The molecule has 0 aliphatic rings. The monoisotopic (exact) mass is 393 g/mol. The number of amides is 1. The Balaban J connectivity index is 2.16. The Morgan fingerprint density at radius 1 is 1.08 bits per heavy atom. The van der Waals surface area contributed by atoms with Gasteiger partial charge in [0.25, 0.3) is 6.57 Å². The summed E-state index contributed by atoms with van der Waals surface area (Å²) in [6.45, 7) is 0.782. The van der Waals surface area contributed by atoms with E-state index in [2.05, 4.69) is 5.32 Å². The lowest BCUT2D eigenvalue weighted by atomic mass is 10.2. The van der Waals surface area contributed by atoms with Crippen molar-refractivity contribution in [1.29, 1.82) is 0 Å². The van der Waals surface area contributed by atoms with E-state index >= 15 is 0 Å². The molecule has 1 amide bonds. The number of ether oxygens (including phenoxy) is 1. The molecular weight excluding hydrogens is 369 g/mol. The molecule has 7 heteroatoms. The highest BCUT2D eigenvalue weighted by Gasteiger charge is 2.38. The van der Waals surface area contributed by atoms with Gasteiger partial charge in [0.05, 0.1) is 0 Å². The molecule has 0 aliphatic carbocycles. The maximum atomic E-state index is 13.4. The van der Waals surface area contributed by atoms with Crippen molar-refractivity contribution >= 4 is 24.0 Å². The summed E-state index contributed by atoms with van der Waals surface area (Å²) in [7, 11) is 1.41. The quantitative estimate of drug-likeness (QED) is 0.592. The summed E-state index contributed by atoms with van der Waals surface area (Å²) < 4.78 is 24.0. The number of carbonyl (C=O) groups is 1. The Labute approximate surface area is 158 Å². The first kappa shape index (κ1) is 20.6. The smallest absolute Gasteiger partial charge is 0.408 e. The van der Waals surface area contributed by atoms with Crippen LogP contribution in [0.2, 0.25) is 0 Å². The third-order valence-corrected chi connectivity index (χ3v) is 9.02. The van der Waals surface area contributed by atoms with Crippen molar-refractivity contribution in [3.05, 3.63) is 71.8 Å². The summed E-state index contributed by atoms with van der Waals surface area (Å²) in [4.78, 5) is 12.3. The second-order valence-electron chi connectivity index (χ2n) is 5.90. The summed E-state index contributed by atoms with van der Waals surface area (Å²) in [6.07, 6.45) is -0.635. The van der Waals surface area contributed by atoms with E-state index in [0.717, 1.165) is 5.56 Å². The molecule has 0 aromatic heterocycles. The molecule has 2 aromatic carbocycles. The maximum absolute atomic E-state index is 13.4. The molecule has 0 bridgehead atoms. The summed E-state index contributed by atoms with van der Waals surface area (Å²) in [5.74, 6) is -0.788. The second-order valence-corrected chi connectivity index (χ2v) is 11.2. The molecule has 0 aliphatic heterocycles. The minimum absolute atomic E-state index is 0.0779. The molecule has 1 N–H and O–H groups in total. The second kappa shape index (κ2) is 9.81. The molecule has 2 unspecified atom stereocenters.